The number of hydrogen-bond donors (Lipinski definition) is 3. The van der Waals surface area contributed by atoms with Gasteiger partial charge in [0.1, 0.15) is 12.1 Å². The van der Waals surface area contributed by atoms with Crippen molar-refractivity contribution in [1.29, 1.82) is 0 Å². The Kier molecular flexibility index (Phi) is 4.03. The van der Waals surface area contributed by atoms with Crippen LogP contribution in [0, 0.1) is 6.92 Å². The number of para-hydroxylation sites is 1. The van der Waals surface area contributed by atoms with Gasteiger partial charge in [0.2, 0.25) is 0 Å². The molecule has 0 aliphatic rings. The van der Waals surface area contributed by atoms with E-state index in [2.05, 4.69) is 57.1 Å². The van der Waals surface area contributed by atoms with Crippen LogP contribution in [0.3, 0.4) is 0 Å². The van der Waals surface area contributed by atoms with E-state index in [4.69, 9.17) is 10.7 Å². The zero-order valence-corrected chi connectivity index (χ0v) is 16.0. The van der Waals surface area contributed by atoms with Crippen molar-refractivity contribution in [1.82, 2.24) is 20.2 Å². The number of nitrogens with zero attached hydrogens (tertiary/aromatic N) is 3. The van der Waals surface area contributed by atoms with E-state index >= 15 is 0 Å². The second kappa shape index (κ2) is 6.70. The van der Waals surface area contributed by atoms with Gasteiger partial charge in [-0.05, 0) is 41.6 Å². The summed E-state index contributed by atoms with van der Waals surface area (Å²) in [6.45, 7) is 2.61. The Hall–Kier alpha value is -3.29. The van der Waals surface area contributed by atoms with Crippen LogP contribution in [0.1, 0.15) is 11.1 Å². The Bertz CT molecular complexity index is 1290. The SMILES string of the molecule is Cc1cc(CN)ccc1Nc1nc2c(-c3ncn[nH]3)cccc2c2ccsc12. The van der Waals surface area contributed by atoms with Crippen molar-refractivity contribution in [3.8, 4) is 11.4 Å². The first-order valence-corrected chi connectivity index (χ1v) is 9.85. The molecule has 5 rings (SSSR count). The van der Waals surface area contributed by atoms with Gasteiger partial charge in [-0.15, -0.1) is 11.3 Å². The lowest BCUT2D eigenvalue weighted by Crippen LogP contribution is -2.00. The van der Waals surface area contributed by atoms with Crippen molar-refractivity contribution in [3.63, 3.8) is 0 Å². The maximum Gasteiger partial charge on any atom is 0.157 e. The number of fused-ring (bicyclic) bond motifs is 3. The predicted octanol–water partition coefficient (Wildman–Crippen LogP) is 4.75. The number of thiophene rings is 1. The molecule has 2 aromatic carbocycles. The van der Waals surface area contributed by atoms with Crippen LogP contribution in [0.15, 0.2) is 54.2 Å². The molecule has 3 heterocycles. The highest BCUT2D eigenvalue weighted by molar-refractivity contribution is 7.18. The number of rotatable bonds is 4. The molecule has 6 nitrogen and oxygen atoms in total. The molecular weight excluding hydrogens is 368 g/mol. The molecule has 7 heteroatoms. The molecule has 0 aliphatic carbocycles. The monoisotopic (exact) mass is 386 g/mol. The maximum atomic E-state index is 5.76. The zero-order valence-electron chi connectivity index (χ0n) is 15.2. The minimum Gasteiger partial charge on any atom is -0.339 e. The van der Waals surface area contributed by atoms with Gasteiger partial charge in [-0.1, -0.05) is 24.3 Å². The van der Waals surface area contributed by atoms with Gasteiger partial charge < -0.3 is 11.1 Å². The fourth-order valence-electron chi connectivity index (χ4n) is 3.48. The summed E-state index contributed by atoms with van der Waals surface area (Å²) in [7, 11) is 0. The molecule has 0 saturated carbocycles. The van der Waals surface area contributed by atoms with E-state index in [0.29, 0.717) is 12.4 Å². The third-order valence-electron chi connectivity index (χ3n) is 4.88. The molecule has 0 unspecified atom stereocenters. The summed E-state index contributed by atoms with van der Waals surface area (Å²) in [4.78, 5) is 9.31. The van der Waals surface area contributed by atoms with Crippen LogP contribution in [0.25, 0.3) is 32.4 Å². The lowest BCUT2D eigenvalue weighted by Gasteiger charge is -2.13. The number of nitrogens with one attached hydrogen (secondary N) is 2. The fourth-order valence-corrected chi connectivity index (χ4v) is 4.33. The molecule has 3 aromatic heterocycles. The maximum absolute atomic E-state index is 5.76. The van der Waals surface area contributed by atoms with Gasteiger partial charge in [-0.2, -0.15) is 5.10 Å². The molecule has 0 radical (unpaired) electrons. The molecule has 0 spiro atoms. The van der Waals surface area contributed by atoms with Gasteiger partial charge in [0.15, 0.2) is 5.82 Å². The highest BCUT2D eigenvalue weighted by Gasteiger charge is 2.15. The molecule has 0 fully saturated rings. The number of benzene rings is 2. The van der Waals surface area contributed by atoms with Crippen molar-refractivity contribution in [2.45, 2.75) is 13.5 Å². The summed E-state index contributed by atoms with van der Waals surface area (Å²) < 4.78 is 1.13. The van der Waals surface area contributed by atoms with Gasteiger partial charge in [0.25, 0.3) is 0 Å². The number of anilines is 2. The predicted molar refractivity (Wildman–Crippen MR) is 115 cm³/mol. The van der Waals surface area contributed by atoms with Crippen molar-refractivity contribution < 1.29 is 0 Å². The summed E-state index contributed by atoms with van der Waals surface area (Å²) in [5.74, 6) is 1.55. The Morgan fingerprint density at radius 2 is 2.07 bits per heavy atom. The molecule has 4 N–H and O–H groups in total. The number of aromatic nitrogens is 4. The van der Waals surface area contributed by atoms with E-state index in [0.717, 1.165) is 43.8 Å². The van der Waals surface area contributed by atoms with E-state index in [9.17, 15) is 0 Å². The smallest absolute Gasteiger partial charge is 0.157 e. The average molecular weight is 386 g/mol. The van der Waals surface area contributed by atoms with E-state index in [1.807, 2.05) is 18.2 Å². The van der Waals surface area contributed by atoms with Crippen LogP contribution in [-0.4, -0.2) is 20.2 Å². The van der Waals surface area contributed by atoms with Crippen LogP contribution in [-0.2, 0) is 6.54 Å². The molecule has 5 aromatic rings. The van der Waals surface area contributed by atoms with E-state index in [1.54, 1.807) is 11.3 Å². The zero-order chi connectivity index (χ0) is 19.1. The molecule has 138 valence electrons. The lowest BCUT2D eigenvalue weighted by molar-refractivity contribution is 1.07. The first-order valence-electron chi connectivity index (χ1n) is 8.97. The van der Waals surface area contributed by atoms with Gasteiger partial charge in [-0.3, -0.25) is 5.10 Å². The highest BCUT2D eigenvalue weighted by Crippen LogP contribution is 2.38. The number of pyridine rings is 1. The minimum absolute atomic E-state index is 0.533. The molecule has 28 heavy (non-hydrogen) atoms. The summed E-state index contributed by atoms with van der Waals surface area (Å²) in [6.07, 6.45) is 1.51. The molecule has 0 amide bonds. The van der Waals surface area contributed by atoms with Crippen LogP contribution in [0.4, 0.5) is 11.5 Å². The van der Waals surface area contributed by atoms with Gasteiger partial charge in [0, 0.05) is 28.6 Å². The average Bonchev–Trinajstić information content (AvgIpc) is 3.41. The summed E-state index contributed by atoms with van der Waals surface area (Å²) in [5, 5.41) is 14.8. The van der Waals surface area contributed by atoms with E-state index in [1.165, 1.54) is 11.7 Å². The number of H-pyrrole nitrogens is 1. The van der Waals surface area contributed by atoms with Crippen molar-refractivity contribution in [2.24, 2.45) is 5.73 Å². The number of aryl methyl sites for hydroxylation is 1. The molecule has 0 saturated heterocycles. The molecule has 0 atom stereocenters. The fraction of sp³-hybridized carbons (Fsp3) is 0.0952. The first kappa shape index (κ1) is 16.9. The Morgan fingerprint density at radius 1 is 1.14 bits per heavy atom. The van der Waals surface area contributed by atoms with Crippen LogP contribution in [0.5, 0.6) is 0 Å². The number of aromatic amines is 1. The Balaban J connectivity index is 1.72. The second-order valence-electron chi connectivity index (χ2n) is 6.64. The van der Waals surface area contributed by atoms with E-state index < -0.39 is 0 Å². The van der Waals surface area contributed by atoms with Gasteiger partial charge >= 0.3 is 0 Å². The van der Waals surface area contributed by atoms with Crippen molar-refractivity contribution in [3.05, 3.63) is 65.3 Å². The van der Waals surface area contributed by atoms with Gasteiger partial charge in [-0.25, -0.2) is 9.97 Å². The van der Waals surface area contributed by atoms with Crippen LogP contribution < -0.4 is 11.1 Å². The quantitative estimate of drug-likeness (QED) is 0.415. The van der Waals surface area contributed by atoms with Crippen LogP contribution >= 0.6 is 11.3 Å². The minimum atomic E-state index is 0.533. The normalized spacial score (nSPS) is 11.4. The molecular formula is C21H18N6S. The summed E-state index contributed by atoms with van der Waals surface area (Å²) in [5.41, 5.74) is 10.9. The standard InChI is InChI=1S/C21H18N6S/c1-12-9-13(10-22)5-6-17(12)25-21-19-15(7-8-28-19)14-3-2-4-16(18(14)26-21)20-23-11-24-27-20/h2-9,11H,10,22H2,1H3,(H,25,26)(H,23,24,27). The van der Waals surface area contributed by atoms with Crippen molar-refractivity contribution >= 4 is 43.8 Å². The third-order valence-corrected chi connectivity index (χ3v) is 5.80. The van der Waals surface area contributed by atoms with Crippen molar-refractivity contribution in [2.75, 3.05) is 5.32 Å². The number of hydrogen-bond acceptors (Lipinski definition) is 6. The van der Waals surface area contributed by atoms with E-state index in [-0.39, 0.29) is 0 Å². The number of nitrogens with two attached hydrogens (primary N) is 1. The van der Waals surface area contributed by atoms with Crippen LogP contribution in [0.2, 0.25) is 0 Å². The summed E-state index contributed by atoms with van der Waals surface area (Å²) in [6, 6.07) is 14.5. The highest BCUT2D eigenvalue weighted by atomic mass is 32.1. The topological polar surface area (TPSA) is 92.5 Å². The van der Waals surface area contributed by atoms with Gasteiger partial charge in [0.05, 0.1) is 10.2 Å². The summed E-state index contributed by atoms with van der Waals surface area (Å²) >= 11 is 1.68. The third kappa shape index (κ3) is 2.72. The first-order chi connectivity index (χ1) is 13.7. The largest absolute Gasteiger partial charge is 0.339 e. The lowest BCUT2D eigenvalue weighted by atomic mass is 10.1. The molecule has 0 bridgehead atoms. The Labute approximate surface area is 165 Å². The Morgan fingerprint density at radius 3 is 2.86 bits per heavy atom. The second-order valence-corrected chi connectivity index (χ2v) is 7.55. The molecule has 0 aliphatic heterocycles.